The van der Waals surface area contributed by atoms with Gasteiger partial charge in [0, 0.05) is 6.20 Å². The van der Waals surface area contributed by atoms with Crippen molar-refractivity contribution in [1.29, 1.82) is 0 Å². The first-order valence-corrected chi connectivity index (χ1v) is 5.48. The van der Waals surface area contributed by atoms with Crippen molar-refractivity contribution < 1.29 is 13.9 Å². The van der Waals surface area contributed by atoms with E-state index in [1.54, 1.807) is 19.1 Å². The summed E-state index contributed by atoms with van der Waals surface area (Å²) in [4.78, 5) is 19.6. The number of carbonyl (C=O) groups is 1. The molecule has 0 aliphatic carbocycles. The van der Waals surface area contributed by atoms with Crippen LogP contribution in [0, 0.1) is 6.92 Å². The largest absolute Gasteiger partial charge is 0.462 e. The van der Waals surface area contributed by atoms with Gasteiger partial charge >= 0.3 is 5.97 Å². The molecule has 0 spiro atoms. The number of nitrogens with zero attached hydrogens (tertiary/aromatic N) is 2. The summed E-state index contributed by atoms with van der Waals surface area (Å²) < 4.78 is 10.2. The summed E-state index contributed by atoms with van der Waals surface area (Å²) in [5, 5.41) is 0. The van der Waals surface area contributed by atoms with Crippen LogP contribution in [-0.4, -0.2) is 22.5 Å². The van der Waals surface area contributed by atoms with Crippen LogP contribution in [0.1, 0.15) is 23.0 Å². The maximum absolute atomic E-state index is 11.5. The summed E-state index contributed by atoms with van der Waals surface area (Å²) in [6.07, 6.45) is 1.34. The fourth-order valence-electron chi connectivity index (χ4n) is 1.43. The Morgan fingerprint density at radius 2 is 2.28 bits per heavy atom. The lowest BCUT2D eigenvalue weighted by Crippen LogP contribution is -2.10. The molecular weight excluding hydrogens is 234 g/mol. The summed E-state index contributed by atoms with van der Waals surface area (Å²) in [5.41, 5.74) is 5.86. The number of esters is 1. The first kappa shape index (κ1) is 12.1. The van der Waals surface area contributed by atoms with Crippen LogP contribution in [-0.2, 0) is 4.74 Å². The standard InChI is InChI=1S/C12H13N3O3/c1-3-17-12(16)8-6-14-11(15-10(8)13)9-5-4-7(2)18-9/h4-6H,3H2,1-2H3,(H2,13,14,15). The number of furan rings is 1. The summed E-state index contributed by atoms with van der Waals surface area (Å²) in [5.74, 6) is 1.15. The molecule has 0 saturated carbocycles. The molecule has 18 heavy (non-hydrogen) atoms. The summed E-state index contributed by atoms with van der Waals surface area (Å²) in [6.45, 7) is 3.81. The lowest BCUT2D eigenvalue weighted by molar-refractivity contribution is 0.0527. The first-order valence-electron chi connectivity index (χ1n) is 5.48. The van der Waals surface area contributed by atoms with Crippen LogP contribution in [0.3, 0.4) is 0 Å². The zero-order chi connectivity index (χ0) is 13.1. The lowest BCUT2D eigenvalue weighted by Gasteiger charge is -2.04. The van der Waals surface area contributed by atoms with Gasteiger partial charge in [0.25, 0.3) is 0 Å². The Bertz CT molecular complexity index is 578. The Hall–Kier alpha value is -2.37. The molecule has 6 nitrogen and oxygen atoms in total. The van der Waals surface area contributed by atoms with Crippen LogP contribution in [0.4, 0.5) is 5.82 Å². The predicted octanol–water partition coefficient (Wildman–Crippen LogP) is 1.80. The van der Waals surface area contributed by atoms with E-state index >= 15 is 0 Å². The van der Waals surface area contributed by atoms with Gasteiger partial charge in [-0.2, -0.15) is 0 Å². The molecule has 0 aliphatic heterocycles. The van der Waals surface area contributed by atoms with Crippen LogP contribution in [0.15, 0.2) is 22.7 Å². The van der Waals surface area contributed by atoms with Gasteiger partial charge in [0.05, 0.1) is 6.61 Å². The number of rotatable bonds is 3. The third kappa shape index (κ3) is 2.32. The zero-order valence-electron chi connectivity index (χ0n) is 10.1. The van der Waals surface area contributed by atoms with Crippen molar-refractivity contribution in [3.8, 4) is 11.6 Å². The van der Waals surface area contributed by atoms with E-state index in [1.807, 2.05) is 6.92 Å². The van der Waals surface area contributed by atoms with Gasteiger partial charge in [0.2, 0.25) is 0 Å². The molecule has 0 amide bonds. The minimum atomic E-state index is -0.530. The third-order valence-electron chi connectivity index (χ3n) is 2.27. The number of nitrogens with two attached hydrogens (primary N) is 1. The molecule has 2 aromatic heterocycles. The third-order valence-corrected chi connectivity index (χ3v) is 2.27. The molecule has 2 heterocycles. The quantitative estimate of drug-likeness (QED) is 0.831. The Morgan fingerprint density at radius 3 is 2.83 bits per heavy atom. The highest BCUT2D eigenvalue weighted by atomic mass is 16.5. The fourth-order valence-corrected chi connectivity index (χ4v) is 1.43. The van der Waals surface area contributed by atoms with E-state index in [0.29, 0.717) is 11.6 Å². The molecule has 2 rings (SSSR count). The summed E-state index contributed by atoms with van der Waals surface area (Å²) in [6, 6.07) is 3.54. The van der Waals surface area contributed by atoms with E-state index in [0.717, 1.165) is 5.76 Å². The van der Waals surface area contributed by atoms with E-state index in [-0.39, 0.29) is 18.0 Å². The van der Waals surface area contributed by atoms with Gasteiger partial charge < -0.3 is 14.9 Å². The van der Waals surface area contributed by atoms with Gasteiger partial charge in [-0.25, -0.2) is 14.8 Å². The fraction of sp³-hybridized carbons (Fsp3) is 0.250. The molecule has 2 N–H and O–H groups in total. The molecule has 0 bridgehead atoms. The second kappa shape index (κ2) is 4.87. The molecule has 2 aromatic rings. The number of aryl methyl sites for hydroxylation is 1. The van der Waals surface area contributed by atoms with E-state index in [9.17, 15) is 4.79 Å². The Kier molecular flexibility index (Phi) is 3.27. The van der Waals surface area contributed by atoms with Crippen molar-refractivity contribution in [1.82, 2.24) is 9.97 Å². The summed E-state index contributed by atoms with van der Waals surface area (Å²) in [7, 11) is 0. The number of hydrogen-bond donors (Lipinski definition) is 1. The highest BCUT2D eigenvalue weighted by Gasteiger charge is 2.15. The molecule has 0 radical (unpaired) electrons. The van der Waals surface area contributed by atoms with E-state index in [4.69, 9.17) is 14.9 Å². The maximum atomic E-state index is 11.5. The first-order chi connectivity index (χ1) is 8.61. The molecule has 0 aliphatic rings. The Morgan fingerprint density at radius 1 is 1.50 bits per heavy atom. The van der Waals surface area contributed by atoms with Crippen LogP contribution >= 0.6 is 0 Å². The molecule has 0 aromatic carbocycles. The van der Waals surface area contributed by atoms with Crippen LogP contribution in [0.5, 0.6) is 0 Å². The van der Waals surface area contributed by atoms with Crippen LogP contribution in [0.25, 0.3) is 11.6 Å². The minimum Gasteiger partial charge on any atom is -0.462 e. The van der Waals surface area contributed by atoms with Crippen molar-refractivity contribution in [2.24, 2.45) is 0 Å². The monoisotopic (exact) mass is 247 g/mol. The van der Waals surface area contributed by atoms with Crippen molar-refractivity contribution in [3.05, 3.63) is 29.7 Å². The number of carbonyl (C=O) groups excluding carboxylic acids is 1. The Labute approximate surface area is 104 Å². The molecular formula is C12H13N3O3. The van der Waals surface area contributed by atoms with Gasteiger partial charge in [0.15, 0.2) is 11.6 Å². The summed E-state index contributed by atoms with van der Waals surface area (Å²) >= 11 is 0. The van der Waals surface area contributed by atoms with Gasteiger partial charge in [-0.05, 0) is 26.0 Å². The van der Waals surface area contributed by atoms with Crippen molar-refractivity contribution >= 4 is 11.8 Å². The number of anilines is 1. The van der Waals surface area contributed by atoms with E-state index < -0.39 is 5.97 Å². The normalized spacial score (nSPS) is 10.3. The maximum Gasteiger partial charge on any atom is 0.343 e. The molecule has 0 atom stereocenters. The van der Waals surface area contributed by atoms with Crippen LogP contribution in [0.2, 0.25) is 0 Å². The second-order valence-corrected chi connectivity index (χ2v) is 3.62. The number of hydrogen-bond acceptors (Lipinski definition) is 6. The van der Waals surface area contributed by atoms with Gasteiger partial charge in [-0.1, -0.05) is 0 Å². The number of aromatic nitrogens is 2. The van der Waals surface area contributed by atoms with E-state index in [2.05, 4.69) is 9.97 Å². The van der Waals surface area contributed by atoms with Crippen LogP contribution < -0.4 is 5.73 Å². The highest BCUT2D eigenvalue weighted by Crippen LogP contribution is 2.20. The second-order valence-electron chi connectivity index (χ2n) is 3.62. The number of nitrogen functional groups attached to an aromatic ring is 1. The zero-order valence-corrected chi connectivity index (χ0v) is 10.1. The molecule has 0 saturated heterocycles. The average Bonchev–Trinajstić information content (AvgIpc) is 2.76. The molecule has 94 valence electrons. The smallest absolute Gasteiger partial charge is 0.343 e. The molecule has 0 fully saturated rings. The highest BCUT2D eigenvalue weighted by molar-refractivity contribution is 5.93. The van der Waals surface area contributed by atoms with Crippen molar-refractivity contribution in [2.75, 3.05) is 12.3 Å². The average molecular weight is 247 g/mol. The van der Waals surface area contributed by atoms with Gasteiger partial charge in [0.1, 0.15) is 17.1 Å². The lowest BCUT2D eigenvalue weighted by atomic mass is 10.3. The SMILES string of the molecule is CCOC(=O)c1cnc(-c2ccc(C)o2)nc1N. The predicted molar refractivity (Wildman–Crippen MR) is 64.8 cm³/mol. The van der Waals surface area contributed by atoms with Crippen molar-refractivity contribution in [3.63, 3.8) is 0 Å². The minimum absolute atomic E-state index is 0.0764. The molecule has 6 heteroatoms. The van der Waals surface area contributed by atoms with Gasteiger partial charge in [-0.15, -0.1) is 0 Å². The Balaban J connectivity index is 2.33. The van der Waals surface area contributed by atoms with Crippen molar-refractivity contribution in [2.45, 2.75) is 13.8 Å². The topological polar surface area (TPSA) is 91.2 Å². The van der Waals surface area contributed by atoms with E-state index in [1.165, 1.54) is 6.20 Å². The molecule has 0 unspecified atom stereocenters. The van der Waals surface area contributed by atoms with Gasteiger partial charge in [-0.3, -0.25) is 0 Å². The number of ether oxygens (including phenoxy) is 1.